The Kier molecular flexibility index (Phi) is 4.89. The van der Waals surface area contributed by atoms with Crippen molar-refractivity contribution in [3.05, 3.63) is 23.8 Å². The van der Waals surface area contributed by atoms with Crippen LogP contribution in [0.25, 0.3) is 0 Å². The van der Waals surface area contributed by atoms with Gasteiger partial charge in [-0.2, -0.15) is 0 Å². The van der Waals surface area contributed by atoms with Crippen LogP contribution >= 0.6 is 0 Å². The van der Waals surface area contributed by atoms with Gasteiger partial charge in [0.2, 0.25) is 0 Å². The van der Waals surface area contributed by atoms with Gasteiger partial charge < -0.3 is 15.4 Å². The quantitative estimate of drug-likeness (QED) is 0.871. The molecule has 1 aliphatic carbocycles. The maximum absolute atomic E-state index is 5.92. The summed E-state index contributed by atoms with van der Waals surface area (Å²) in [6, 6.07) is 7.09. The van der Waals surface area contributed by atoms with Gasteiger partial charge in [-0.1, -0.05) is 6.07 Å². The summed E-state index contributed by atoms with van der Waals surface area (Å²) in [6.45, 7) is 4.91. The largest absolute Gasteiger partial charge is 0.495 e. The van der Waals surface area contributed by atoms with E-state index in [1.54, 1.807) is 7.11 Å². The van der Waals surface area contributed by atoms with Crippen molar-refractivity contribution >= 4 is 5.69 Å². The molecular formula is C18H29N3O. The van der Waals surface area contributed by atoms with Gasteiger partial charge in [-0.3, -0.25) is 4.90 Å². The molecule has 2 N–H and O–H groups in total. The van der Waals surface area contributed by atoms with E-state index in [9.17, 15) is 0 Å². The number of anilines is 1. The summed E-state index contributed by atoms with van der Waals surface area (Å²) in [7, 11) is 3.92. The first-order chi connectivity index (χ1) is 10.7. The molecule has 0 atom stereocenters. The second-order valence-corrected chi connectivity index (χ2v) is 6.85. The Bertz CT molecular complexity index is 489. The third-order valence-corrected chi connectivity index (χ3v) is 5.48. The van der Waals surface area contributed by atoms with Crippen LogP contribution < -0.4 is 10.5 Å². The van der Waals surface area contributed by atoms with Crippen molar-refractivity contribution in [1.82, 2.24) is 9.80 Å². The SMILES string of the molecule is COc1cc(C2CCC(N3CCN(C)CC3)CC2)ccc1N. The fraction of sp³-hybridized carbons (Fsp3) is 0.667. The summed E-state index contributed by atoms with van der Waals surface area (Å²) in [6.07, 6.45) is 5.20. The predicted octanol–water partition coefficient (Wildman–Crippen LogP) is 2.55. The molecule has 1 saturated carbocycles. The van der Waals surface area contributed by atoms with Crippen molar-refractivity contribution in [2.75, 3.05) is 46.1 Å². The third-order valence-electron chi connectivity index (χ3n) is 5.48. The maximum atomic E-state index is 5.92. The molecule has 3 rings (SSSR count). The summed E-state index contributed by atoms with van der Waals surface area (Å²) in [5.74, 6) is 1.48. The van der Waals surface area contributed by atoms with Crippen LogP contribution in [-0.2, 0) is 0 Å². The first kappa shape index (κ1) is 15.6. The number of piperazine rings is 1. The molecule has 122 valence electrons. The molecule has 1 aliphatic heterocycles. The Balaban J connectivity index is 1.57. The Labute approximate surface area is 134 Å². The van der Waals surface area contributed by atoms with Crippen LogP contribution in [0.1, 0.15) is 37.2 Å². The minimum Gasteiger partial charge on any atom is -0.495 e. The Morgan fingerprint density at radius 3 is 2.36 bits per heavy atom. The zero-order chi connectivity index (χ0) is 15.5. The van der Waals surface area contributed by atoms with Crippen LogP contribution in [-0.4, -0.2) is 56.2 Å². The number of hydrogen-bond donors (Lipinski definition) is 1. The molecule has 1 aromatic rings. The lowest BCUT2D eigenvalue weighted by Crippen LogP contribution is -2.49. The molecule has 2 aliphatic rings. The van der Waals surface area contributed by atoms with E-state index in [2.05, 4.69) is 29.0 Å². The molecule has 0 aromatic heterocycles. The zero-order valence-corrected chi connectivity index (χ0v) is 13.9. The van der Waals surface area contributed by atoms with Crippen LogP contribution in [0.4, 0.5) is 5.69 Å². The molecule has 2 fully saturated rings. The lowest BCUT2D eigenvalue weighted by molar-refractivity contribution is 0.0878. The molecule has 1 heterocycles. The maximum Gasteiger partial charge on any atom is 0.142 e. The van der Waals surface area contributed by atoms with Crippen LogP contribution in [0.2, 0.25) is 0 Å². The number of nitrogens with two attached hydrogens (primary N) is 1. The highest BCUT2D eigenvalue weighted by Gasteiger charge is 2.28. The van der Waals surface area contributed by atoms with Gasteiger partial charge in [0.15, 0.2) is 0 Å². The highest BCUT2D eigenvalue weighted by Crippen LogP contribution is 2.37. The van der Waals surface area contributed by atoms with Crippen molar-refractivity contribution in [3.63, 3.8) is 0 Å². The van der Waals surface area contributed by atoms with Crippen LogP contribution in [0.15, 0.2) is 18.2 Å². The first-order valence-electron chi connectivity index (χ1n) is 8.53. The van der Waals surface area contributed by atoms with E-state index < -0.39 is 0 Å². The normalized spacial score (nSPS) is 27.7. The number of nitrogen functional groups attached to an aromatic ring is 1. The smallest absolute Gasteiger partial charge is 0.142 e. The number of nitrogens with zero attached hydrogens (tertiary/aromatic N) is 2. The van der Waals surface area contributed by atoms with Crippen molar-refractivity contribution in [2.24, 2.45) is 0 Å². The Morgan fingerprint density at radius 2 is 1.73 bits per heavy atom. The molecule has 0 spiro atoms. The molecule has 0 bridgehead atoms. The van der Waals surface area contributed by atoms with E-state index in [1.165, 1.54) is 57.4 Å². The van der Waals surface area contributed by atoms with E-state index >= 15 is 0 Å². The zero-order valence-electron chi connectivity index (χ0n) is 13.9. The molecule has 22 heavy (non-hydrogen) atoms. The van der Waals surface area contributed by atoms with Gasteiger partial charge in [0.05, 0.1) is 12.8 Å². The van der Waals surface area contributed by atoms with Crippen LogP contribution in [0, 0.1) is 0 Å². The summed E-state index contributed by atoms with van der Waals surface area (Å²) in [5.41, 5.74) is 8.05. The minimum atomic E-state index is 0.665. The summed E-state index contributed by atoms with van der Waals surface area (Å²) in [4.78, 5) is 5.14. The van der Waals surface area contributed by atoms with Gasteiger partial charge >= 0.3 is 0 Å². The van der Waals surface area contributed by atoms with Gasteiger partial charge in [-0.25, -0.2) is 0 Å². The predicted molar refractivity (Wildman–Crippen MR) is 91.5 cm³/mol. The molecule has 4 nitrogen and oxygen atoms in total. The van der Waals surface area contributed by atoms with E-state index in [0.29, 0.717) is 5.92 Å². The topological polar surface area (TPSA) is 41.7 Å². The average Bonchev–Trinajstić information content (AvgIpc) is 2.56. The second-order valence-electron chi connectivity index (χ2n) is 6.85. The molecular weight excluding hydrogens is 274 g/mol. The van der Waals surface area contributed by atoms with Gasteiger partial charge in [-0.05, 0) is 56.3 Å². The van der Waals surface area contributed by atoms with E-state index in [-0.39, 0.29) is 0 Å². The summed E-state index contributed by atoms with van der Waals surface area (Å²) in [5, 5.41) is 0. The number of methoxy groups -OCH3 is 1. The Hall–Kier alpha value is -1.26. The number of benzene rings is 1. The number of ether oxygens (including phenoxy) is 1. The average molecular weight is 303 g/mol. The van der Waals surface area contributed by atoms with E-state index in [4.69, 9.17) is 10.5 Å². The fourth-order valence-electron chi connectivity index (χ4n) is 3.94. The van der Waals surface area contributed by atoms with E-state index in [1.807, 2.05) is 6.07 Å². The lowest BCUT2D eigenvalue weighted by Gasteiger charge is -2.41. The summed E-state index contributed by atoms with van der Waals surface area (Å²) < 4.78 is 5.36. The molecule has 0 unspecified atom stereocenters. The summed E-state index contributed by atoms with van der Waals surface area (Å²) >= 11 is 0. The van der Waals surface area contributed by atoms with Crippen molar-refractivity contribution in [3.8, 4) is 5.75 Å². The molecule has 0 amide bonds. The molecule has 1 saturated heterocycles. The van der Waals surface area contributed by atoms with Gasteiger partial charge in [0.25, 0.3) is 0 Å². The third kappa shape index (κ3) is 3.39. The molecule has 0 radical (unpaired) electrons. The highest BCUT2D eigenvalue weighted by atomic mass is 16.5. The first-order valence-corrected chi connectivity index (χ1v) is 8.53. The van der Waals surface area contributed by atoms with Crippen molar-refractivity contribution in [1.29, 1.82) is 0 Å². The van der Waals surface area contributed by atoms with Crippen LogP contribution in [0.3, 0.4) is 0 Å². The monoisotopic (exact) mass is 303 g/mol. The number of likely N-dealkylation sites (N-methyl/N-ethyl adjacent to an activating group) is 1. The lowest BCUT2D eigenvalue weighted by atomic mass is 9.81. The standard InChI is InChI=1S/C18H29N3O/c1-20-9-11-21(12-10-20)16-6-3-14(4-7-16)15-5-8-17(19)18(13-15)22-2/h5,8,13-14,16H,3-4,6-7,9-12,19H2,1-2H3. The fourth-order valence-corrected chi connectivity index (χ4v) is 3.94. The number of hydrogen-bond acceptors (Lipinski definition) is 4. The van der Waals surface area contributed by atoms with E-state index in [0.717, 1.165) is 17.5 Å². The minimum absolute atomic E-state index is 0.665. The van der Waals surface area contributed by atoms with Crippen molar-refractivity contribution in [2.45, 2.75) is 37.6 Å². The molecule has 1 aromatic carbocycles. The van der Waals surface area contributed by atoms with Gasteiger partial charge in [-0.15, -0.1) is 0 Å². The number of rotatable bonds is 3. The second kappa shape index (κ2) is 6.88. The Morgan fingerprint density at radius 1 is 1.05 bits per heavy atom. The van der Waals surface area contributed by atoms with Crippen molar-refractivity contribution < 1.29 is 4.74 Å². The van der Waals surface area contributed by atoms with Gasteiger partial charge in [0, 0.05) is 32.2 Å². The van der Waals surface area contributed by atoms with Crippen LogP contribution in [0.5, 0.6) is 5.75 Å². The highest BCUT2D eigenvalue weighted by molar-refractivity contribution is 5.54. The molecule has 4 heteroatoms. The van der Waals surface area contributed by atoms with Gasteiger partial charge in [0.1, 0.15) is 5.75 Å².